The number of rotatable bonds is 1. The normalized spacial score (nSPS) is 10.9. The van der Waals surface area contributed by atoms with Crippen molar-refractivity contribution >= 4 is 10.9 Å². The van der Waals surface area contributed by atoms with Gasteiger partial charge >= 0.3 is 0 Å². The predicted octanol–water partition coefficient (Wildman–Crippen LogP) is 2.06. The van der Waals surface area contributed by atoms with Crippen LogP contribution in [0.4, 0.5) is 4.39 Å². The maximum absolute atomic E-state index is 13.1. The summed E-state index contributed by atoms with van der Waals surface area (Å²) >= 11 is 0. The summed E-state index contributed by atoms with van der Waals surface area (Å²) in [6.45, 7) is 0. The van der Waals surface area contributed by atoms with E-state index in [-0.39, 0.29) is 11.4 Å². The van der Waals surface area contributed by atoms with Crippen LogP contribution in [0.5, 0.6) is 0 Å². The lowest BCUT2D eigenvalue weighted by molar-refractivity contribution is 0.628. The van der Waals surface area contributed by atoms with Crippen molar-refractivity contribution in [1.29, 1.82) is 0 Å². The molecule has 0 aliphatic rings. The largest absolute Gasteiger partial charge is 0.328 e. The minimum Gasteiger partial charge on any atom is -0.328 e. The first-order valence-electron chi connectivity index (χ1n) is 5.07. The van der Waals surface area contributed by atoms with Gasteiger partial charge in [-0.05, 0) is 18.2 Å². The Morgan fingerprint density at radius 2 is 2.12 bits per heavy atom. The third kappa shape index (κ3) is 1.52. The number of nitrogens with zero attached hydrogens (tertiary/aromatic N) is 1. The van der Waals surface area contributed by atoms with Gasteiger partial charge in [-0.15, -0.1) is 0 Å². The minimum absolute atomic E-state index is 0.240. The van der Waals surface area contributed by atoms with Crippen molar-refractivity contribution in [2.45, 2.75) is 0 Å². The second-order valence-electron chi connectivity index (χ2n) is 3.68. The lowest BCUT2D eigenvalue weighted by atomic mass is 10.1. The fourth-order valence-corrected chi connectivity index (χ4v) is 1.82. The van der Waals surface area contributed by atoms with Gasteiger partial charge in [0.2, 0.25) is 0 Å². The second-order valence-corrected chi connectivity index (χ2v) is 3.68. The summed E-state index contributed by atoms with van der Waals surface area (Å²) in [6.07, 6.45) is 1.54. The molecule has 0 saturated carbocycles. The molecule has 3 rings (SSSR count). The van der Waals surface area contributed by atoms with E-state index in [0.717, 1.165) is 0 Å². The number of pyridine rings is 1. The molecule has 2 N–H and O–H groups in total. The number of halogens is 1. The van der Waals surface area contributed by atoms with Gasteiger partial charge in [-0.2, -0.15) is 5.10 Å². The summed E-state index contributed by atoms with van der Waals surface area (Å²) in [5.41, 5.74) is 1.43. The monoisotopic (exact) mass is 229 g/mol. The van der Waals surface area contributed by atoms with Crippen LogP contribution in [-0.2, 0) is 0 Å². The van der Waals surface area contributed by atoms with Gasteiger partial charge in [0.1, 0.15) is 11.5 Å². The van der Waals surface area contributed by atoms with Crippen molar-refractivity contribution in [3.8, 4) is 11.3 Å². The Labute approximate surface area is 95.1 Å². The summed E-state index contributed by atoms with van der Waals surface area (Å²) in [7, 11) is 0. The topological polar surface area (TPSA) is 61.5 Å². The van der Waals surface area contributed by atoms with E-state index in [2.05, 4.69) is 15.2 Å². The Bertz CT molecular complexity index is 745. The Kier molecular flexibility index (Phi) is 2.04. The van der Waals surface area contributed by atoms with E-state index in [9.17, 15) is 9.18 Å². The molecule has 2 aromatic heterocycles. The maximum Gasteiger partial charge on any atom is 0.259 e. The van der Waals surface area contributed by atoms with Crippen LogP contribution in [0.3, 0.4) is 0 Å². The first kappa shape index (κ1) is 9.77. The first-order valence-corrected chi connectivity index (χ1v) is 5.07. The molecule has 0 radical (unpaired) electrons. The summed E-state index contributed by atoms with van der Waals surface area (Å²) < 4.78 is 13.1. The Morgan fingerprint density at radius 1 is 1.24 bits per heavy atom. The summed E-state index contributed by atoms with van der Waals surface area (Å²) in [5, 5.41) is 7.25. The average molecular weight is 229 g/mol. The van der Waals surface area contributed by atoms with Crippen LogP contribution in [-0.4, -0.2) is 15.2 Å². The van der Waals surface area contributed by atoms with Crippen molar-refractivity contribution < 1.29 is 4.39 Å². The molecule has 84 valence electrons. The average Bonchev–Trinajstić information content (AvgIpc) is 2.74. The molecular weight excluding hydrogens is 221 g/mol. The Morgan fingerprint density at radius 3 is 2.94 bits per heavy atom. The van der Waals surface area contributed by atoms with Crippen molar-refractivity contribution in [2.75, 3.05) is 0 Å². The van der Waals surface area contributed by atoms with Crippen LogP contribution in [0.2, 0.25) is 0 Å². The van der Waals surface area contributed by atoms with Gasteiger partial charge in [-0.3, -0.25) is 9.89 Å². The highest BCUT2D eigenvalue weighted by Gasteiger charge is 2.11. The highest BCUT2D eigenvalue weighted by atomic mass is 19.1. The second kappa shape index (κ2) is 3.55. The van der Waals surface area contributed by atoms with Gasteiger partial charge in [-0.25, -0.2) is 4.39 Å². The molecule has 1 aromatic carbocycles. The molecule has 0 fully saturated rings. The van der Waals surface area contributed by atoms with Gasteiger partial charge in [0.05, 0.1) is 10.9 Å². The fraction of sp³-hybridized carbons (Fsp3) is 0. The zero-order valence-electron chi connectivity index (χ0n) is 8.70. The number of fused-ring (bicyclic) bond motifs is 1. The molecule has 17 heavy (non-hydrogen) atoms. The SMILES string of the molecule is O=c1[nH]ccc2[nH]nc(-c3cccc(F)c3)c12. The molecule has 0 amide bonds. The molecule has 0 spiro atoms. The van der Waals surface area contributed by atoms with Crippen LogP contribution < -0.4 is 5.56 Å². The molecule has 5 heteroatoms. The molecule has 0 atom stereocenters. The van der Waals surface area contributed by atoms with Crippen LogP contribution in [0.1, 0.15) is 0 Å². The zero-order valence-corrected chi connectivity index (χ0v) is 8.70. The number of benzene rings is 1. The lowest BCUT2D eigenvalue weighted by Gasteiger charge is -1.97. The molecule has 0 unspecified atom stereocenters. The Hall–Kier alpha value is -2.43. The standard InChI is InChI=1S/C12H8FN3O/c13-8-3-1-2-7(6-8)11-10-9(15-16-11)4-5-14-12(10)17/h1-6H,(H,14,17)(H,15,16). The molecule has 2 heterocycles. The molecule has 0 aliphatic carbocycles. The van der Waals surface area contributed by atoms with Gasteiger partial charge in [0.25, 0.3) is 5.56 Å². The van der Waals surface area contributed by atoms with Gasteiger partial charge in [-0.1, -0.05) is 12.1 Å². The molecule has 4 nitrogen and oxygen atoms in total. The van der Waals surface area contributed by atoms with E-state index in [1.165, 1.54) is 18.3 Å². The predicted molar refractivity (Wildman–Crippen MR) is 62.1 cm³/mol. The van der Waals surface area contributed by atoms with E-state index in [1.807, 2.05) is 0 Å². The number of aromatic amines is 2. The number of hydrogen-bond donors (Lipinski definition) is 2. The minimum atomic E-state index is -0.356. The molecule has 0 saturated heterocycles. The van der Waals surface area contributed by atoms with Crippen LogP contribution in [0.15, 0.2) is 41.3 Å². The highest BCUT2D eigenvalue weighted by molar-refractivity contribution is 5.91. The number of H-pyrrole nitrogens is 2. The third-order valence-corrected chi connectivity index (χ3v) is 2.58. The van der Waals surface area contributed by atoms with Crippen molar-refractivity contribution in [1.82, 2.24) is 15.2 Å². The first-order chi connectivity index (χ1) is 8.25. The Balaban J connectivity index is 2.35. The van der Waals surface area contributed by atoms with Gasteiger partial charge < -0.3 is 4.98 Å². The molecule has 0 bridgehead atoms. The van der Waals surface area contributed by atoms with E-state index in [0.29, 0.717) is 22.2 Å². The van der Waals surface area contributed by atoms with E-state index < -0.39 is 0 Å². The van der Waals surface area contributed by atoms with Gasteiger partial charge in [0, 0.05) is 11.8 Å². The van der Waals surface area contributed by atoms with Crippen molar-refractivity contribution in [3.05, 3.63) is 52.7 Å². The smallest absolute Gasteiger partial charge is 0.259 e. The number of nitrogens with one attached hydrogen (secondary N) is 2. The fourth-order valence-electron chi connectivity index (χ4n) is 1.82. The number of hydrogen-bond acceptors (Lipinski definition) is 2. The van der Waals surface area contributed by atoms with E-state index in [1.54, 1.807) is 18.2 Å². The summed E-state index contributed by atoms with van der Waals surface area (Å²) in [5.74, 6) is -0.356. The van der Waals surface area contributed by atoms with Crippen LogP contribution >= 0.6 is 0 Å². The van der Waals surface area contributed by atoms with Crippen LogP contribution in [0.25, 0.3) is 22.2 Å². The molecular formula is C12H8FN3O. The summed E-state index contributed by atoms with van der Waals surface area (Å²) in [4.78, 5) is 14.3. The van der Waals surface area contributed by atoms with Crippen LogP contribution in [0, 0.1) is 5.82 Å². The summed E-state index contributed by atoms with van der Waals surface area (Å²) in [6, 6.07) is 7.71. The molecule has 0 aliphatic heterocycles. The lowest BCUT2D eigenvalue weighted by Crippen LogP contribution is -2.04. The van der Waals surface area contributed by atoms with Gasteiger partial charge in [0.15, 0.2) is 0 Å². The third-order valence-electron chi connectivity index (χ3n) is 2.58. The van der Waals surface area contributed by atoms with Crippen molar-refractivity contribution in [3.63, 3.8) is 0 Å². The maximum atomic E-state index is 13.1. The molecule has 3 aromatic rings. The zero-order chi connectivity index (χ0) is 11.8. The van der Waals surface area contributed by atoms with Crippen molar-refractivity contribution in [2.24, 2.45) is 0 Å². The highest BCUT2D eigenvalue weighted by Crippen LogP contribution is 2.23. The van der Waals surface area contributed by atoms with E-state index in [4.69, 9.17) is 0 Å². The van der Waals surface area contributed by atoms with E-state index >= 15 is 0 Å². The quantitative estimate of drug-likeness (QED) is 0.670. The number of aromatic nitrogens is 3.